The number of ether oxygens (including phenoxy) is 1. The van der Waals surface area contributed by atoms with Gasteiger partial charge in [0.2, 0.25) is 0 Å². The molecule has 1 amide bonds. The Hall–Kier alpha value is -1.88. The molecule has 5 heteroatoms. The van der Waals surface area contributed by atoms with Gasteiger partial charge in [-0.25, -0.2) is 0 Å². The number of rotatable bonds is 1. The highest BCUT2D eigenvalue weighted by molar-refractivity contribution is 6.05. The first kappa shape index (κ1) is 14.1. The molecule has 1 atom stereocenters. The summed E-state index contributed by atoms with van der Waals surface area (Å²) >= 11 is 0. The Morgan fingerprint density at radius 2 is 2.29 bits per heavy atom. The second kappa shape index (κ2) is 5.15. The number of nitrogens with zero attached hydrogens (tertiary/aromatic N) is 2. The van der Waals surface area contributed by atoms with Crippen molar-refractivity contribution in [3.8, 4) is 0 Å². The molecule has 1 N–H and O–H groups in total. The molecule has 1 aliphatic rings. The molecule has 0 saturated carbocycles. The summed E-state index contributed by atoms with van der Waals surface area (Å²) in [5.74, 6) is 0.0255. The molecule has 1 aliphatic heterocycles. The molecule has 0 unspecified atom stereocenters. The van der Waals surface area contributed by atoms with Gasteiger partial charge in [-0.15, -0.1) is 0 Å². The first-order valence-electron chi connectivity index (χ1n) is 7.30. The minimum Gasteiger partial charge on any atom is -0.374 e. The number of aromatic amines is 1. The minimum atomic E-state index is 0.0252. The second-order valence-corrected chi connectivity index (χ2v) is 6.58. The highest BCUT2D eigenvalue weighted by Crippen LogP contribution is 2.26. The van der Waals surface area contributed by atoms with Crippen LogP contribution in [0.3, 0.4) is 0 Å². The molecular weight excluding hydrogens is 266 g/mol. The number of H-pyrrole nitrogens is 1. The Bertz CT molecular complexity index is 657. The van der Waals surface area contributed by atoms with Crippen molar-refractivity contribution in [3.63, 3.8) is 0 Å². The number of carbonyl (C=O) groups excluding carboxylic acids is 1. The van der Waals surface area contributed by atoms with Gasteiger partial charge < -0.3 is 14.6 Å². The molecule has 0 radical (unpaired) electrons. The average molecular weight is 287 g/mol. The predicted molar refractivity (Wildman–Crippen MR) is 81.2 cm³/mol. The van der Waals surface area contributed by atoms with Gasteiger partial charge in [0.1, 0.15) is 5.52 Å². The quantitative estimate of drug-likeness (QED) is 0.876. The SMILES string of the molecule is CC(C)(C)[C@H]1CN(C(=O)c2c[nH]c3cccnc23)CCO1. The molecule has 112 valence electrons. The van der Waals surface area contributed by atoms with Crippen LogP contribution in [0, 0.1) is 5.41 Å². The van der Waals surface area contributed by atoms with Crippen molar-refractivity contribution in [2.75, 3.05) is 19.7 Å². The smallest absolute Gasteiger partial charge is 0.257 e. The van der Waals surface area contributed by atoms with Crippen molar-refractivity contribution in [1.29, 1.82) is 0 Å². The number of carbonyl (C=O) groups is 1. The van der Waals surface area contributed by atoms with Gasteiger partial charge in [-0.1, -0.05) is 20.8 Å². The van der Waals surface area contributed by atoms with Crippen molar-refractivity contribution >= 4 is 16.9 Å². The van der Waals surface area contributed by atoms with E-state index < -0.39 is 0 Å². The molecule has 5 nitrogen and oxygen atoms in total. The summed E-state index contributed by atoms with van der Waals surface area (Å²) in [5, 5.41) is 0. The van der Waals surface area contributed by atoms with Gasteiger partial charge in [0.25, 0.3) is 5.91 Å². The molecule has 1 fully saturated rings. The lowest BCUT2D eigenvalue weighted by Gasteiger charge is -2.39. The van der Waals surface area contributed by atoms with Gasteiger partial charge in [-0.2, -0.15) is 0 Å². The van der Waals surface area contributed by atoms with E-state index in [-0.39, 0.29) is 17.4 Å². The Morgan fingerprint density at radius 3 is 3.05 bits per heavy atom. The van der Waals surface area contributed by atoms with Crippen molar-refractivity contribution in [3.05, 3.63) is 30.1 Å². The lowest BCUT2D eigenvalue weighted by molar-refractivity contribution is -0.0706. The third-order valence-electron chi connectivity index (χ3n) is 3.98. The van der Waals surface area contributed by atoms with Gasteiger partial charge in [0.05, 0.1) is 23.8 Å². The summed E-state index contributed by atoms with van der Waals surface area (Å²) in [6.45, 7) is 8.26. The fraction of sp³-hybridized carbons (Fsp3) is 0.500. The molecule has 3 rings (SSSR count). The van der Waals surface area contributed by atoms with Crippen LogP contribution in [0.1, 0.15) is 31.1 Å². The van der Waals surface area contributed by atoms with E-state index in [4.69, 9.17) is 4.74 Å². The maximum absolute atomic E-state index is 12.8. The molecule has 2 aromatic rings. The van der Waals surface area contributed by atoms with Crippen LogP contribution in [0.5, 0.6) is 0 Å². The number of aromatic nitrogens is 2. The third-order valence-corrected chi connectivity index (χ3v) is 3.98. The van der Waals surface area contributed by atoms with Crippen molar-refractivity contribution in [2.24, 2.45) is 5.41 Å². The van der Waals surface area contributed by atoms with Crippen molar-refractivity contribution < 1.29 is 9.53 Å². The minimum absolute atomic E-state index is 0.0252. The molecule has 0 aliphatic carbocycles. The molecular formula is C16H21N3O2. The summed E-state index contributed by atoms with van der Waals surface area (Å²) in [6.07, 6.45) is 3.53. The zero-order chi connectivity index (χ0) is 15.0. The summed E-state index contributed by atoms with van der Waals surface area (Å²) in [4.78, 5) is 22.1. The highest BCUT2D eigenvalue weighted by atomic mass is 16.5. The Balaban J connectivity index is 1.85. The van der Waals surface area contributed by atoms with Gasteiger partial charge >= 0.3 is 0 Å². The number of pyridine rings is 1. The van der Waals surface area contributed by atoms with Crippen LogP contribution in [0.15, 0.2) is 24.5 Å². The van der Waals surface area contributed by atoms with Crippen LogP contribution in [0.4, 0.5) is 0 Å². The predicted octanol–water partition coefficient (Wildman–Crippen LogP) is 2.45. The van der Waals surface area contributed by atoms with Gasteiger partial charge in [0, 0.05) is 25.5 Å². The van der Waals surface area contributed by atoms with E-state index in [1.807, 2.05) is 17.0 Å². The second-order valence-electron chi connectivity index (χ2n) is 6.58. The fourth-order valence-corrected chi connectivity index (χ4v) is 2.65. The number of hydrogen-bond donors (Lipinski definition) is 1. The highest BCUT2D eigenvalue weighted by Gasteiger charge is 2.33. The average Bonchev–Trinajstić information content (AvgIpc) is 2.90. The monoisotopic (exact) mass is 287 g/mol. The van der Waals surface area contributed by atoms with Crippen LogP contribution in [-0.4, -0.2) is 46.6 Å². The topological polar surface area (TPSA) is 58.2 Å². The van der Waals surface area contributed by atoms with E-state index in [0.717, 1.165) is 11.0 Å². The van der Waals surface area contributed by atoms with E-state index in [2.05, 4.69) is 30.7 Å². The van der Waals surface area contributed by atoms with E-state index in [1.54, 1.807) is 12.4 Å². The maximum Gasteiger partial charge on any atom is 0.257 e. The van der Waals surface area contributed by atoms with Gasteiger partial charge in [-0.3, -0.25) is 9.78 Å². The molecule has 1 saturated heterocycles. The molecule has 0 bridgehead atoms. The van der Waals surface area contributed by atoms with E-state index in [0.29, 0.717) is 25.3 Å². The normalized spacial score (nSPS) is 20.0. The number of nitrogens with one attached hydrogen (secondary N) is 1. The van der Waals surface area contributed by atoms with Crippen LogP contribution in [0.25, 0.3) is 11.0 Å². The molecule has 3 heterocycles. The Morgan fingerprint density at radius 1 is 1.48 bits per heavy atom. The van der Waals surface area contributed by atoms with E-state index >= 15 is 0 Å². The van der Waals surface area contributed by atoms with Gasteiger partial charge in [0.15, 0.2) is 0 Å². The Kier molecular flexibility index (Phi) is 3.45. The van der Waals surface area contributed by atoms with Gasteiger partial charge in [-0.05, 0) is 17.5 Å². The van der Waals surface area contributed by atoms with Crippen LogP contribution < -0.4 is 0 Å². The van der Waals surface area contributed by atoms with E-state index in [9.17, 15) is 4.79 Å². The number of morpholine rings is 1. The molecule has 2 aromatic heterocycles. The van der Waals surface area contributed by atoms with E-state index in [1.165, 1.54) is 0 Å². The Labute approximate surface area is 124 Å². The molecule has 21 heavy (non-hydrogen) atoms. The largest absolute Gasteiger partial charge is 0.374 e. The summed E-state index contributed by atoms with van der Waals surface area (Å²) in [5.41, 5.74) is 2.29. The first-order chi connectivity index (χ1) is 9.97. The first-order valence-corrected chi connectivity index (χ1v) is 7.30. The fourth-order valence-electron chi connectivity index (χ4n) is 2.65. The molecule has 0 aromatic carbocycles. The summed E-state index contributed by atoms with van der Waals surface area (Å²) < 4.78 is 5.81. The lowest BCUT2D eigenvalue weighted by Crippen LogP contribution is -2.50. The number of hydrogen-bond acceptors (Lipinski definition) is 3. The summed E-state index contributed by atoms with van der Waals surface area (Å²) in [6, 6.07) is 3.79. The van der Waals surface area contributed by atoms with Crippen molar-refractivity contribution in [1.82, 2.24) is 14.9 Å². The maximum atomic E-state index is 12.8. The van der Waals surface area contributed by atoms with Crippen LogP contribution in [-0.2, 0) is 4.74 Å². The zero-order valence-electron chi connectivity index (χ0n) is 12.7. The zero-order valence-corrected chi connectivity index (χ0v) is 12.7. The number of fused-ring (bicyclic) bond motifs is 1. The van der Waals surface area contributed by atoms with Crippen LogP contribution >= 0.6 is 0 Å². The third kappa shape index (κ3) is 2.65. The lowest BCUT2D eigenvalue weighted by atomic mass is 9.88. The number of amides is 1. The summed E-state index contributed by atoms with van der Waals surface area (Å²) in [7, 11) is 0. The van der Waals surface area contributed by atoms with Crippen LogP contribution in [0.2, 0.25) is 0 Å². The standard InChI is InChI=1S/C16H21N3O2/c1-16(2,3)13-10-19(7-8-21-13)15(20)11-9-18-12-5-4-6-17-14(11)12/h4-6,9,13,18H,7-8,10H2,1-3H3/t13-/m1/s1. The van der Waals surface area contributed by atoms with Crippen molar-refractivity contribution in [2.45, 2.75) is 26.9 Å². The molecule has 0 spiro atoms.